The van der Waals surface area contributed by atoms with Crippen LogP contribution in [0.15, 0.2) is 0 Å². The van der Waals surface area contributed by atoms with Crippen LogP contribution in [0.1, 0.15) is 40.0 Å². The molecular weight excluding hydrogens is 202 g/mol. The van der Waals surface area contributed by atoms with E-state index >= 15 is 0 Å². The van der Waals surface area contributed by atoms with Gasteiger partial charge in [-0.25, -0.2) is 4.79 Å². The topological polar surface area (TPSA) is 38.3 Å². The molecule has 0 atom stereocenters. The Morgan fingerprint density at radius 2 is 1.93 bits per heavy atom. The lowest BCUT2D eigenvalue weighted by Gasteiger charge is -2.19. The molecule has 84 valence electrons. The van der Waals surface area contributed by atoms with Crippen LogP contribution in [0, 0.1) is 0 Å². The second kappa shape index (κ2) is 6.93. The molecule has 0 aliphatic carbocycles. The average Bonchev–Trinajstić information content (AvgIpc) is 2.00. The molecule has 0 rings (SSSR count). The molecule has 1 N–H and O–H groups in total. The Hall–Kier alpha value is -0.440. The highest BCUT2D eigenvalue weighted by Gasteiger charge is 2.15. The quantitative estimate of drug-likeness (QED) is 0.573. The van der Waals surface area contributed by atoms with Crippen molar-refractivity contribution >= 4 is 17.7 Å². The highest BCUT2D eigenvalue weighted by Crippen LogP contribution is 2.06. The fourth-order valence-corrected chi connectivity index (χ4v) is 1.09. The van der Waals surface area contributed by atoms with Crippen molar-refractivity contribution in [1.29, 1.82) is 0 Å². The number of alkyl carbamates (subject to hydrolysis) is 1. The largest absolute Gasteiger partial charge is 0.444 e. The van der Waals surface area contributed by atoms with Crippen molar-refractivity contribution in [3.63, 3.8) is 0 Å². The lowest BCUT2D eigenvalue weighted by atomic mass is 10.2. The van der Waals surface area contributed by atoms with E-state index in [0.29, 0.717) is 12.4 Å². The lowest BCUT2D eigenvalue weighted by molar-refractivity contribution is 0.0527. The third-order valence-electron chi connectivity index (χ3n) is 1.48. The number of unbranched alkanes of at least 4 members (excludes halogenated alkanes) is 2. The number of halogens is 1. The first-order valence-corrected chi connectivity index (χ1v) is 5.52. The molecule has 4 heteroatoms. The van der Waals surface area contributed by atoms with Crippen molar-refractivity contribution < 1.29 is 9.53 Å². The molecule has 0 aliphatic heterocycles. The van der Waals surface area contributed by atoms with Crippen LogP contribution in [0.25, 0.3) is 0 Å². The highest BCUT2D eigenvalue weighted by molar-refractivity contribution is 6.17. The zero-order valence-electron chi connectivity index (χ0n) is 9.23. The predicted molar refractivity (Wildman–Crippen MR) is 58.8 cm³/mol. The van der Waals surface area contributed by atoms with Crippen LogP contribution in [0.4, 0.5) is 4.79 Å². The predicted octanol–water partition coefficient (Wildman–Crippen LogP) is 2.92. The monoisotopic (exact) mass is 221 g/mol. The normalized spacial score (nSPS) is 11.1. The van der Waals surface area contributed by atoms with Gasteiger partial charge >= 0.3 is 6.09 Å². The summed E-state index contributed by atoms with van der Waals surface area (Å²) in [5.74, 6) is 0.687. The smallest absolute Gasteiger partial charge is 0.407 e. The molecule has 0 unspecified atom stereocenters. The summed E-state index contributed by atoms with van der Waals surface area (Å²) >= 11 is 5.52. The van der Waals surface area contributed by atoms with Gasteiger partial charge in [0, 0.05) is 12.4 Å². The Kier molecular flexibility index (Phi) is 6.71. The minimum absolute atomic E-state index is 0.344. The maximum atomic E-state index is 11.1. The van der Waals surface area contributed by atoms with Gasteiger partial charge in [0.15, 0.2) is 0 Å². The first-order valence-electron chi connectivity index (χ1n) is 4.98. The summed E-state index contributed by atoms with van der Waals surface area (Å²) in [5.41, 5.74) is -0.416. The number of carbonyl (C=O) groups is 1. The summed E-state index contributed by atoms with van der Waals surface area (Å²) in [6.07, 6.45) is 2.64. The summed E-state index contributed by atoms with van der Waals surface area (Å²) in [5, 5.41) is 2.69. The Morgan fingerprint density at radius 3 is 2.43 bits per heavy atom. The summed E-state index contributed by atoms with van der Waals surface area (Å²) in [4.78, 5) is 11.1. The van der Waals surface area contributed by atoms with E-state index in [1.54, 1.807) is 0 Å². The summed E-state index contributed by atoms with van der Waals surface area (Å²) < 4.78 is 5.07. The van der Waals surface area contributed by atoms with Crippen molar-refractivity contribution in [3.05, 3.63) is 0 Å². The van der Waals surface area contributed by atoms with Crippen LogP contribution in [0.5, 0.6) is 0 Å². The molecule has 3 nitrogen and oxygen atoms in total. The number of carbonyl (C=O) groups excluding carboxylic acids is 1. The van der Waals surface area contributed by atoms with Crippen molar-refractivity contribution in [3.8, 4) is 0 Å². The third kappa shape index (κ3) is 9.65. The Balaban J connectivity index is 3.36. The third-order valence-corrected chi connectivity index (χ3v) is 1.75. The van der Waals surface area contributed by atoms with Gasteiger partial charge in [0.05, 0.1) is 0 Å². The molecule has 0 bridgehead atoms. The van der Waals surface area contributed by atoms with E-state index in [1.807, 2.05) is 20.8 Å². The molecule has 0 spiro atoms. The van der Waals surface area contributed by atoms with E-state index in [9.17, 15) is 4.79 Å². The standard InChI is InChI=1S/C10H20ClNO2/c1-10(2,3)14-9(13)12-8-6-4-5-7-11/h4-8H2,1-3H3,(H,12,13). The van der Waals surface area contributed by atoms with Gasteiger partial charge in [-0.15, -0.1) is 11.6 Å². The van der Waals surface area contributed by atoms with Gasteiger partial charge in [-0.3, -0.25) is 0 Å². The van der Waals surface area contributed by atoms with Gasteiger partial charge in [0.1, 0.15) is 5.60 Å². The SMILES string of the molecule is CC(C)(C)OC(=O)NCCCCCCl. The minimum atomic E-state index is -0.416. The molecule has 0 saturated carbocycles. The zero-order chi connectivity index (χ0) is 11.0. The van der Waals surface area contributed by atoms with Gasteiger partial charge in [-0.2, -0.15) is 0 Å². The van der Waals surface area contributed by atoms with E-state index < -0.39 is 5.60 Å². The maximum absolute atomic E-state index is 11.1. The van der Waals surface area contributed by atoms with Gasteiger partial charge in [-0.1, -0.05) is 6.42 Å². The lowest BCUT2D eigenvalue weighted by Crippen LogP contribution is -2.32. The molecular formula is C10H20ClNO2. The van der Waals surface area contributed by atoms with Crippen LogP contribution in [0.2, 0.25) is 0 Å². The van der Waals surface area contributed by atoms with Crippen molar-refractivity contribution in [1.82, 2.24) is 5.32 Å². The Labute approximate surface area is 91.2 Å². The molecule has 0 saturated heterocycles. The van der Waals surface area contributed by atoms with Crippen LogP contribution in [-0.2, 0) is 4.74 Å². The molecule has 0 aromatic heterocycles. The second-order valence-corrected chi connectivity index (χ2v) is 4.56. The van der Waals surface area contributed by atoms with Crippen molar-refractivity contribution in [2.24, 2.45) is 0 Å². The molecule has 14 heavy (non-hydrogen) atoms. The minimum Gasteiger partial charge on any atom is -0.444 e. The molecule has 0 aromatic carbocycles. The molecule has 0 aromatic rings. The Bertz CT molecular complexity index is 166. The summed E-state index contributed by atoms with van der Waals surface area (Å²) in [7, 11) is 0. The zero-order valence-corrected chi connectivity index (χ0v) is 9.99. The Morgan fingerprint density at radius 1 is 1.29 bits per heavy atom. The highest BCUT2D eigenvalue weighted by atomic mass is 35.5. The van der Waals surface area contributed by atoms with Crippen molar-refractivity contribution in [2.45, 2.75) is 45.6 Å². The van der Waals surface area contributed by atoms with Crippen LogP contribution >= 0.6 is 11.6 Å². The average molecular weight is 222 g/mol. The molecule has 0 radical (unpaired) electrons. The number of alkyl halides is 1. The maximum Gasteiger partial charge on any atom is 0.407 e. The van der Waals surface area contributed by atoms with Gasteiger partial charge < -0.3 is 10.1 Å². The van der Waals surface area contributed by atoms with E-state index in [2.05, 4.69) is 5.32 Å². The van der Waals surface area contributed by atoms with Crippen LogP contribution in [-0.4, -0.2) is 24.1 Å². The van der Waals surface area contributed by atoms with Gasteiger partial charge in [-0.05, 0) is 33.6 Å². The van der Waals surface area contributed by atoms with Gasteiger partial charge in [0.2, 0.25) is 0 Å². The second-order valence-electron chi connectivity index (χ2n) is 4.18. The van der Waals surface area contributed by atoms with Crippen LogP contribution < -0.4 is 5.32 Å². The summed E-state index contributed by atoms with van der Waals surface area (Å²) in [6, 6.07) is 0. The number of nitrogens with one attached hydrogen (secondary N) is 1. The van der Waals surface area contributed by atoms with E-state index in [-0.39, 0.29) is 6.09 Å². The fourth-order valence-electron chi connectivity index (χ4n) is 0.901. The van der Waals surface area contributed by atoms with E-state index in [4.69, 9.17) is 16.3 Å². The molecule has 1 amide bonds. The number of ether oxygens (including phenoxy) is 1. The molecule has 0 aliphatic rings. The van der Waals surface area contributed by atoms with Crippen molar-refractivity contribution in [2.75, 3.05) is 12.4 Å². The van der Waals surface area contributed by atoms with E-state index in [1.165, 1.54) is 0 Å². The first-order chi connectivity index (χ1) is 6.45. The molecule has 0 fully saturated rings. The summed E-state index contributed by atoms with van der Waals surface area (Å²) in [6.45, 7) is 6.20. The number of amides is 1. The first kappa shape index (κ1) is 13.6. The number of hydrogen-bond acceptors (Lipinski definition) is 2. The fraction of sp³-hybridized carbons (Fsp3) is 0.900. The van der Waals surface area contributed by atoms with Crippen LogP contribution in [0.3, 0.4) is 0 Å². The number of rotatable bonds is 5. The van der Waals surface area contributed by atoms with Gasteiger partial charge in [0.25, 0.3) is 0 Å². The molecule has 0 heterocycles. The number of hydrogen-bond donors (Lipinski definition) is 1. The van der Waals surface area contributed by atoms with E-state index in [0.717, 1.165) is 19.3 Å².